The van der Waals surface area contributed by atoms with Crippen LogP contribution >= 0.6 is 0 Å². The SMILES string of the molecule is O=C(Nc1ccc(-c2cn3ccccc3n2)cc1)Nc1cc(F)ccc1F. The van der Waals surface area contributed by atoms with Crippen molar-refractivity contribution in [3.8, 4) is 11.3 Å². The summed E-state index contributed by atoms with van der Waals surface area (Å²) in [6, 6.07) is 15.0. The van der Waals surface area contributed by atoms with E-state index in [0.29, 0.717) is 5.69 Å². The van der Waals surface area contributed by atoms with Crippen LogP contribution in [0.4, 0.5) is 25.0 Å². The average Bonchev–Trinajstić information content (AvgIpc) is 3.09. The lowest BCUT2D eigenvalue weighted by atomic mass is 10.1. The number of nitrogens with zero attached hydrogens (tertiary/aromatic N) is 2. The fourth-order valence-electron chi connectivity index (χ4n) is 2.68. The fraction of sp³-hybridized carbons (Fsp3) is 0. The van der Waals surface area contributed by atoms with Crippen molar-refractivity contribution in [2.75, 3.05) is 10.6 Å². The van der Waals surface area contributed by atoms with Crippen molar-refractivity contribution in [2.45, 2.75) is 0 Å². The highest BCUT2D eigenvalue weighted by atomic mass is 19.1. The molecule has 0 saturated heterocycles. The zero-order chi connectivity index (χ0) is 18.8. The van der Waals surface area contributed by atoms with Crippen molar-refractivity contribution in [3.05, 3.63) is 84.7 Å². The summed E-state index contributed by atoms with van der Waals surface area (Å²) in [6.07, 6.45) is 3.83. The molecule has 134 valence electrons. The molecule has 0 radical (unpaired) electrons. The lowest BCUT2D eigenvalue weighted by Gasteiger charge is -2.09. The summed E-state index contributed by atoms with van der Waals surface area (Å²) in [4.78, 5) is 16.5. The van der Waals surface area contributed by atoms with Crippen molar-refractivity contribution in [2.24, 2.45) is 0 Å². The topological polar surface area (TPSA) is 58.4 Å². The number of imidazole rings is 1. The van der Waals surface area contributed by atoms with Crippen LogP contribution in [0.2, 0.25) is 0 Å². The lowest BCUT2D eigenvalue weighted by molar-refractivity contribution is 0.262. The molecule has 5 nitrogen and oxygen atoms in total. The number of hydrogen-bond acceptors (Lipinski definition) is 2. The molecule has 7 heteroatoms. The fourth-order valence-corrected chi connectivity index (χ4v) is 2.68. The molecule has 0 spiro atoms. The van der Waals surface area contributed by atoms with E-state index in [0.717, 1.165) is 35.1 Å². The number of amides is 2. The third-order valence-electron chi connectivity index (χ3n) is 3.98. The van der Waals surface area contributed by atoms with Gasteiger partial charge in [-0.2, -0.15) is 0 Å². The Balaban J connectivity index is 1.47. The maximum atomic E-state index is 13.6. The van der Waals surface area contributed by atoms with E-state index < -0.39 is 17.7 Å². The van der Waals surface area contributed by atoms with Crippen LogP contribution in [0.15, 0.2) is 73.1 Å². The number of anilines is 2. The van der Waals surface area contributed by atoms with E-state index in [1.54, 1.807) is 12.1 Å². The average molecular weight is 364 g/mol. The van der Waals surface area contributed by atoms with Crippen LogP contribution in [-0.4, -0.2) is 15.4 Å². The first-order valence-corrected chi connectivity index (χ1v) is 8.16. The van der Waals surface area contributed by atoms with Gasteiger partial charge in [0.25, 0.3) is 0 Å². The second kappa shape index (κ2) is 6.87. The van der Waals surface area contributed by atoms with E-state index >= 15 is 0 Å². The molecule has 27 heavy (non-hydrogen) atoms. The summed E-state index contributed by atoms with van der Waals surface area (Å²) >= 11 is 0. The van der Waals surface area contributed by atoms with Gasteiger partial charge in [-0.15, -0.1) is 0 Å². The molecule has 2 aromatic heterocycles. The minimum Gasteiger partial charge on any atom is -0.308 e. The number of fused-ring (bicyclic) bond motifs is 1. The number of rotatable bonds is 3. The molecule has 0 saturated carbocycles. The Bertz CT molecular complexity index is 1090. The summed E-state index contributed by atoms with van der Waals surface area (Å²) in [6.45, 7) is 0. The zero-order valence-electron chi connectivity index (χ0n) is 14.0. The van der Waals surface area contributed by atoms with E-state index in [-0.39, 0.29) is 5.69 Å². The number of hydrogen-bond donors (Lipinski definition) is 2. The van der Waals surface area contributed by atoms with Gasteiger partial charge in [-0.1, -0.05) is 18.2 Å². The predicted molar refractivity (Wildman–Crippen MR) is 99.6 cm³/mol. The third kappa shape index (κ3) is 3.62. The Morgan fingerprint density at radius 2 is 1.78 bits per heavy atom. The van der Waals surface area contributed by atoms with Crippen LogP contribution in [-0.2, 0) is 0 Å². The number of nitrogens with one attached hydrogen (secondary N) is 2. The molecule has 0 aliphatic rings. The number of aromatic nitrogens is 2. The predicted octanol–water partition coefficient (Wildman–Crippen LogP) is 4.92. The van der Waals surface area contributed by atoms with Crippen molar-refractivity contribution in [1.82, 2.24) is 9.38 Å². The zero-order valence-corrected chi connectivity index (χ0v) is 14.0. The van der Waals surface area contributed by atoms with E-state index in [2.05, 4.69) is 15.6 Å². The molecule has 0 bridgehead atoms. The van der Waals surface area contributed by atoms with Gasteiger partial charge in [-0.3, -0.25) is 0 Å². The minimum absolute atomic E-state index is 0.228. The Morgan fingerprint density at radius 1 is 0.963 bits per heavy atom. The normalized spacial score (nSPS) is 10.7. The van der Waals surface area contributed by atoms with Crippen molar-refractivity contribution in [1.29, 1.82) is 0 Å². The number of benzene rings is 2. The minimum atomic E-state index is -0.714. The molecule has 0 aliphatic carbocycles. The lowest BCUT2D eigenvalue weighted by Crippen LogP contribution is -2.20. The second-order valence-electron chi connectivity index (χ2n) is 5.87. The van der Waals surface area contributed by atoms with E-state index in [1.807, 2.05) is 47.1 Å². The van der Waals surface area contributed by atoms with Gasteiger partial charge in [0, 0.05) is 29.7 Å². The van der Waals surface area contributed by atoms with Crippen molar-refractivity contribution < 1.29 is 13.6 Å². The number of carbonyl (C=O) groups excluding carboxylic acids is 1. The van der Waals surface area contributed by atoms with Crippen LogP contribution in [0.5, 0.6) is 0 Å². The Labute approximate surface area is 153 Å². The highest BCUT2D eigenvalue weighted by Gasteiger charge is 2.09. The van der Waals surface area contributed by atoms with Crippen LogP contribution in [0.1, 0.15) is 0 Å². The standard InChI is InChI=1S/C20H14F2N4O/c21-14-6-9-16(22)17(11-14)25-20(27)23-15-7-4-13(5-8-15)18-12-26-10-2-1-3-19(26)24-18/h1-12H,(H2,23,25,27). The molecule has 2 aromatic carbocycles. The first-order chi connectivity index (χ1) is 13.1. The van der Waals surface area contributed by atoms with Crippen molar-refractivity contribution >= 4 is 23.1 Å². The molecule has 0 atom stereocenters. The number of halogens is 2. The van der Waals surface area contributed by atoms with E-state index in [4.69, 9.17) is 0 Å². The third-order valence-corrected chi connectivity index (χ3v) is 3.98. The summed E-state index contributed by atoms with van der Waals surface area (Å²) in [5.41, 5.74) is 2.82. The quantitative estimate of drug-likeness (QED) is 0.542. The van der Waals surface area contributed by atoms with Crippen LogP contribution < -0.4 is 10.6 Å². The highest BCUT2D eigenvalue weighted by Crippen LogP contribution is 2.22. The van der Waals surface area contributed by atoms with Gasteiger partial charge in [0.1, 0.15) is 17.3 Å². The smallest absolute Gasteiger partial charge is 0.308 e. The Morgan fingerprint density at radius 3 is 2.56 bits per heavy atom. The van der Waals surface area contributed by atoms with Crippen LogP contribution in [0.25, 0.3) is 16.9 Å². The first kappa shape index (κ1) is 16.7. The largest absolute Gasteiger partial charge is 0.323 e. The molecule has 0 unspecified atom stereocenters. The highest BCUT2D eigenvalue weighted by molar-refractivity contribution is 5.99. The molecule has 2 heterocycles. The van der Waals surface area contributed by atoms with Gasteiger partial charge in [0.15, 0.2) is 0 Å². The van der Waals surface area contributed by atoms with Crippen LogP contribution in [0.3, 0.4) is 0 Å². The monoisotopic (exact) mass is 364 g/mol. The Hall–Kier alpha value is -3.74. The maximum Gasteiger partial charge on any atom is 0.323 e. The number of carbonyl (C=O) groups is 1. The van der Waals surface area contributed by atoms with Gasteiger partial charge < -0.3 is 15.0 Å². The molecular weight excluding hydrogens is 350 g/mol. The molecule has 4 rings (SSSR count). The first-order valence-electron chi connectivity index (χ1n) is 8.16. The molecule has 2 N–H and O–H groups in total. The van der Waals surface area contributed by atoms with Gasteiger partial charge >= 0.3 is 6.03 Å². The summed E-state index contributed by atoms with van der Waals surface area (Å²) in [5.74, 6) is -1.35. The van der Waals surface area contributed by atoms with Gasteiger partial charge in [0.05, 0.1) is 11.4 Å². The van der Waals surface area contributed by atoms with Gasteiger partial charge in [-0.05, 0) is 36.4 Å². The molecule has 2 amide bonds. The second-order valence-corrected chi connectivity index (χ2v) is 5.87. The Kier molecular flexibility index (Phi) is 4.25. The van der Waals surface area contributed by atoms with Gasteiger partial charge in [-0.25, -0.2) is 18.6 Å². The molecular formula is C20H14F2N4O. The summed E-state index contributed by atoms with van der Waals surface area (Å²) in [7, 11) is 0. The van der Waals surface area contributed by atoms with E-state index in [1.165, 1.54) is 0 Å². The van der Waals surface area contributed by atoms with Crippen LogP contribution in [0, 0.1) is 11.6 Å². The maximum absolute atomic E-state index is 13.6. The summed E-state index contributed by atoms with van der Waals surface area (Å²) in [5, 5.41) is 4.86. The number of pyridine rings is 1. The number of urea groups is 1. The molecule has 0 aliphatic heterocycles. The van der Waals surface area contributed by atoms with Gasteiger partial charge in [0.2, 0.25) is 0 Å². The summed E-state index contributed by atoms with van der Waals surface area (Å²) < 4.78 is 28.7. The van der Waals surface area contributed by atoms with E-state index in [9.17, 15) is 13.6 Å². The molecule has 0 fully saturated rings. The van der Waals surface area contributed by atoms with Crippen molar-refractivity contribution in [3.63, 3.8) is 0 Å². The molecule has 4 aromatic rings.